The highest BCUT2D eigenvalue weighted by Crippen LogP contribution is 2.36. The lowest BCUT2D eigenvalue weighted by Crippen LogP contribution is -2.37. The van der Waals surface area contributed by atoms with Gasteiger partial charge in [0.05, 0.1) is 22.0 Å². The van der Waals surface area contributed by atoms with Gasteiger partial charge in [0.25, 0.3) is 0 Å². The summed E-state index contributed by atoms with van der Waals surface area (Å²) in [6, 6.07) is 7.19. The number of aromatic nitrogens is 2. The summed E-state index contributed by atoms with van der Waals surface area (Å²) >= 11 is 7.15. The number of halogens is 4. The van der Waals surface area contributed by atoms with Crippen molar-refractivity contribution in [2.45, 2.75) is 25.6 Å². The first-order valence-corrected chi connectivity index (χ1v) is 10.8. The zero-order valence-corrected chi connectivity index (χ0v) is 17.7. The lowest BCUT2D eigenvalue weighted by molar-refractivity contribution is -0.137. The number of nitrogens with zero attached hydrogens (tertiary/aromatic N) is 3. The molecule has 31 heavy (non-hydrogen) atoms. The van der Waals surface area contributed by atoms with E-state index in [1.807, 2.05) is 17.5 Å². The Balaban J connectivity index is 1.30. The molecule has 1 N–H and O–H groups in total. The van der Waals surface area contributed by atoms with Crippen molar-refractivity contribution >= 4 is 34.5 Å². The van der Waals surface area contributed by atoms with Crippen molar-refractivity contribution in [3.05, 3.63) is 52.2 Å². The molecule has 0 radical (unpaired) electrons. The van der Waals surface area contributed by atoms with Crippen LogP contribution in [-0.4, -0.2) is 34.0 Å². The summed E-state index contributed by atoms with van der Waals surface area (Å²) in [5.41, 5.74) is -0.889. The number of hydrogen-bond donors (Lipinski definition) is 1. The van der Waals surface area contributed by atoms with Crippen molar-refractivity contribution < 1.29 is 22.5 Å². The predicted octanol–water partition coefficient (Wildman–Crippen LogP) is 5.32. The Hall–Kier alpha value is -2.43. The van der Waals surface area contributed by atoms with Gasteiger partial charge in [0.2, 0.25) is 17.6 Å². The van der Waals surface area contributed by atoms with Crippen molar-refractivity contribution in [3.8, 4) is 10.7 Å². The van der Waals surface area contributed by atoms with Crippen molar-refractivity contribution in [1.82, 2.24) is 15.0 Å². The van der Waals surface area contributed by atoms with Gasteiger partial charge in [-0.1, -0.05) is 22.8 Å². The van der Waals surface area contributed by atoms with E-state index in [-0.39, 0.29) is 17.5 Å². The van der Waals surface area contributed by atoms with Crippen LogP contribution in [0.5, 0.6) is 0 Å². The minimum Gasteiger partial charge on any atom is -0.338 e. The molecular formula is C20H18ClF3N4O2S. The average Bonchev–Trinajstić information content (AvgIpc) is 3.41. The Kier molecular flexibility index (Phi) is 6.31. The van der Waals surface area contributed by atoms with Gasteiger partial charge in [-0.05, 0) is 55.6 Å². The van der Waals surface area contributed by atoms with Gasteiger partial charge in [0.15, 0.2) is 0 Å². The molecule has 0 bridgehead atoms. The van der Waals surface area contributed by atoms with Gasteiger partial charge < -0.3 is 9.84 Å². The van der Waals surface area contributed by atoms with E-state index in [0.29, 0.717) is 44.2 Å². The first-order chi connectivity index (χ1) is 14.8. The molecule has 11 heteroatoms. The maximum atomic E-state index is 13.0. The SMILES string of the molecule is O=C(Nc1ccc(Cl)c(C(F)(F)F)c1)C1CCN(Cc2nc(-c3cccs3)no2)CC1. The predicted molar refractivity (Wildman–Crippen MR) is 111 cm³/mol. The van der Waals surface area contributed by atoms with Crippen LogP contribution in [0.3, 0.4) is 0 Å². The van der Waals surface area contributed by atoms with Crippen LogP contribution in [0.2, 0.25) is 5.02 Å². The number of alkyl halides is 3. The van der Waals surface area contributed by atoms with Crippen LogP contribution in [0.25, 0.3) is 10.7 Å². The van der Waals surface area contributed by atoms with E-state index < -0.39 is 16.8 Å². The summed E-state index contributed by atoms with van der Waals surface area (Å²) in [6.07, 6.45) is -3.42. The Bertz CT molecular complexity index is 1050. The van der Waals surface area contributed by atoms with E-state index in [0.717, 1.165) is 17.0 Å². The van der Waals surface area contributed by atoms with E-state index in [1.54, 1.807) is 0 Å². The zero-order valence-electron chi connectivity index (χ0n) is 16.2. The Morgan fingerprint density at radius 1 is 1.29 bits per heavy atom. The summed E-state index contributed by atoms with van der Waals surface area (Å²) in [4.78, 5) is 20.0. The van der Waals surface area contributed by atoms with Gasteiger partial charge in [-0.25, -0.2) is 0 Å². The molecule has 1 aliphatic rings. The third-order valence-electron chi connectivity index (χ3n) is 5.07. The lowest BCUT2D eigenvalue weighted by atomic mass is 9.95. The van der Waals surface area contributed by atoms with E-state index >= 15 is 0 Å². The van der Waals surface area contributed by atoms with E-state index in [9.17, 15) is 18.0 Å². The molecule has 1 aliphatic heterocycles. The molecule has 0 saturated carbocycles. The normalized spacial score (nSPS) is 15.9. The molecule has 3 aromatic rings. The molecule has 4 rings (SSSR count). The number of benzene rings is 1. The molecule has 2 aromatic heterocycles. The van der Waals surface area contributed by atoms with Crippen LogP contribution in [0.15, 0.2) is 40.2 Å². The Morgan fingerprint density at radius 3 is 2.74 bits per heavy atom. The van der Waals surface area contributed by atoms with Crippen LogP contribution in [0.1, 0.15) is 24.3 Å². The van der Waals surface area contributed by atoms with Crippen LogP contribution in [0, 0.1) is 5.92 Å². The fraction of sp³-hybridized carbons (Fsp3) is 0.350. The number of hydrogen-bond acceptors (Lipinski definition) is 6. The lowest BCUT2D eigenvalue weighted by Gasteiger charge is -2.30. The summed E-state index contributed by atoms with van der Waals surface area (Å²) in [5.74, 6) is 0.478. The molecule has 3 heterocycles. The van der Waals surface area contributed by atoms with Crippen molar-refractivity contribution in [2.75, 3.05) is 18.4 Å². The fourth-order valence-electron chi connectivity index (χ4n) is 3.43. The number of rotatable bonds is 5. The first kappa shape index (κ1) is 21.8. The number of carbonyl (C=O) groups excluding carboxylic acids is 1. The van der Waals surface area contributed by atoms with Gasteiger partial charge in [-0.3, -0.25) is 9.69 Å². The number of nitrogens with one attached hydrogen (secondary N) is 1. The average molecular weight is 471 g/mol. The van der Waals surface area contributed by atoms with Crippen molar-refractivity contribution in [3.63, 3.8) is 0 Å². The molecule has 0 spiro atoms. The molecule has 0 aliphatic carbocycles. The van der Waals surface area contributed by atoms with Gasteiger partial charge >= 0.3 is 6.18 Å². The maximum absolute atomic E-state index is 13.0. The minimum absolute atomic E-state index is 0.0797. The second-order valence-electron chi connectivity index (χ2n) is 7.22. The molecule has 1 fully saturated rings. The summed E-state index contributed by atoms with van der Waals surface area (Å²) in [5, 5.41) is 8.11. The highest BCUT2D eigenvalue weighted by molar-refractivity contribution is 7.13. The quantitative estimate of drug-likeness (QED) is 0.546. The minimum atomic E-state index is -4.58. The third-order valence-corrected chi connectivity index (χ3v) is 6.26. The summed E-state index contributed by atoms with van der Waals surface area (Å²) in [6.45, 7) is 1.77. The maximum Gasteiger partial charge on any atom is 0.417 e. The number of carbonyl (C=O) groups is 1. The van der Waals surface area contributed by atoms with Crippen LogP contribution < -0.4 is 5.32 Å². The van der Waals surface area contributed by atoms with Gasteiger partial charge in [0.1, 0.15) is 0 Å². The van der Waals surface area contributed by atoms with Crippen molar-refractivity contribution in [2.24, 2.45) is 5.92 Å². The topological polar surface area (TPSA) is 71.3 Å². The molecule has 0 atom stereocenters. The Labute approximate surface area is 185 Å². The molecule has 164 valence electrons. The van der Waals surface area contributed by atoms with Crippen LogP contribution >= 0.6 is 22.9 Å². The van der Waals surface area contributed by atoms with Gasteiger partial charge in [-0.15, -0.1) is 11.3 Å². The third kappa shape index (κ3) is 5.25. The van der Waals surface area contributed by atoms with E-state index in [2.05, 4.69) is 20.4 Å². The zero-order chi connectivity index (χ0) is 22.0. The second kappa shape index (κ2) is 8.97. The number of likely N-dealkylation sites (tertiary alicyclic amines) is 1. The number of amides is 1. The molecule has 1 aromatic carbocycles. The number of anilines is 1. The van der Waals surface area contributed by atoms with E-state index in [4.69, 9.17) is 16.1 Å². The summed E-state index contributed by atoms with van der Waals surface area (Å²) in [7, 11) is 0. The monoisotopic (exact) mass is 470 g/mol. The summed E-state index contributed by atoms with van der Waals surface area (Å²) < 4.78 is 44.3. The number of piperidine rings is 1. The highest BCUT2D eigenvalue weighted by atomic mass is 35.5. The molecule has 1 saturated heterocycles. The molecule has 0 unspecified atom stereocenters. The second-order valence-corrected chi connectivity index (χ2v) is 8.58. The van der Waals surface area contributed by atoms with Crippen LogP contribution in [-0.2, 0) is 17.5 Å². The van der Waals surface area contributed by atoms with E-state index in [1.165, 1.54) is 17.4 Å². The smallest absolute Gasteiger partial charge is 0.338 e. The molecule has 6 nitrogen and oxygen atoms in total. The van der Waals surface area contributed by atoms with Crippen molar-refractivity contribution in [1.29, 1.82) is 0 Å². The molecular weight excluding hydrogens is 453 g/mol. The van der Waals surface area contributed by atoms with Gasteiger partial charge in [-0.2, -0.15) is 18.2 Å². The highest BCUT2D eigenvalue weighted by Gasteiger charge is 2.34. The largest absolute Gasteiger partial charge is 0.417 e. The first-order valence-electron chi connectivity index (χ1n) is 9.56. The number of thiophene rings is 1. The van der Waals surface area contributed by atoms with Crippen LogP contribution in [0.4, 0.5) is 18.9 Å². The Morgan fingerprint density at radius 2 is 2.06 bits per heavy atom. The fourth-order valence-corrected chi connectivity index (χ4v) is 4.31. The van der Waals surface area contributed by atoms with Gasteiger partial charge in [0, 0.05) is 11.6 Å². The standard InChI is InChI=1S/C20H18ClF3N4O2S/c21-15-4-3-13(10-14(15)20(22,23)24)25-19(29)12-5-7-28(8-6-12)11-17-26-18(27-30-17)16-2-1-9-31-16/h1-4,9-10,12H,5-8,11H2,(H,25,29). The molecule has 1 amide bonds.